The molecule has 0 heterocycles. The van der Waals surface area contributed by atoms with Crippen LogP contribution >= 0.6 is 0 Å². The predicted octanol–water partition coefficient (Wildman–Crippen LogP) is 2.92. The highest BCUT2D eigenvalue weighted by Gasteiger charge is 2.19. The average molecular weight is 262 g/mol. The van der Waals surface area contributed by atoms with Gasteiger partial charge in [0.25, 0.3) is 0 Å². The quantitative estimate of drug-likeness (QED) is 0.827. The monoisotopic (exact) mass is 262 g/mol. The summed E-state index contributed by atoms with van der Waals surface area (Å²) >= 11 is 0. The third-order valence-electron chi connectivity index (χ3n) is 4.27. The first-order valence-corrected chi connectivity index (χ1v) is 7.40. The second-order valence-corrected chi connectivity index (χ2v) is 5.65. The second-order valence-electron chi connectivity index (χ2n) is 5.65. The number of rotatable bonds is 6. The molecule has 2 N–H and O–H groups in total. The van der Waals surface area contributed by atoms with Gasteiger partial charge in [0.2, 0.25) is 0 Å². The summed E-state index contributed by atoms with van der Waals surface area (Å²) in [7, 11) is 2.22. The number of nitrogens with zero attached hydrogens (tertiary/aromatic N) is 1. The first-order chi connectivity index (χ1) is 9.18. The standard InChI is InChI=1S/C16H26N2O/c1-13(15-9-5-6-10-16(15)19)17-11-12-18(2)14-7-3-4-8-14/h5-6,9-10,13-14,17,19H,3-4,7-8,11-12H2,1-2H3. The Morgan fingerprint density at radius 2 is 2.00 bits per heavy atom. The first kappa shape index (κ1) is 14.4. The normalized spacial score (nSPS) is 18.1. The minimum Gasteiger partial charge on any atom is -0.508 e. The van der Waals surface area contributed by atoms with Crippen LogP contribution in [-0.2, 0) is 0 Å². The molecular weight excluding hydrogens is 236 g/mol. The van der Waals surface area contributed by atoms with Crippen LogP contribution in [0.5, 0.6) is 5.75 Å². The number of hydrogen-bond acceptors (Lipinski definition) is 3. The van der Waals surface area contributed by atoms with Gasteiger partial charge in [-0.25, -0.2) is 0 Å². The van der Waals surface area contributed by atoms with Gasteiger partial charge >= 0.3 is 0 Å². The van der Waals surface area contributed by atoms with Gasteiger partial charge in [0.1, 0.15) is 5.75 Å². The van der Waals surface area contributed by atoms with Gasteiger partial charge in [-0.3, -0.25) is 0 Å². The summed E-state index contributed by atoms with van der Waals surface area (Å²) < 4.78 is 0. The highest BCUT2D eigenvalue weighted by Crippen LogP contribution is 2.23. The largest absolute Gasteiger partial charge is 0.508 e. The summed E-state index contributed by atoms with van der Waals surface area (Å²) in [6.07, 6.45) is 5.48. The third-order valence-corrected chi connectivity index (χ3v) is 4.27. The second kappa shape index (κ2) is 6.92. The number of para-hydroxylation sites is 1. The van der Waals surface area contributed by atoms with E-state index in [1.807, 2.05) is 18.2 Å². The summed E-state index contributed by atoms with van der Waals surface area (Å²) in [6, 6.07) is 8.53. The molecule has 3 nitrogen and oxygen atoms in total. The first-order valence-electron chi connectivity index (χ1n) is 7.40. The van der Waals surface area contributed by atoms with Gasteiger partial charge in [-0.05, 0) is 32.9 Å². The molecule has 1 aromatic carbocycles. The third kappa shape index (κ3) is 3.95. The van der Waals surface area contributed by atoms with E-state index in [2.05, 4.69) is 24.2 Å². The maximum atomic E-state index is 9.81. The zero-order valence-electron chi connectivity index (χ0n) is 12.1. The number of phenols is 1. The van der Waals surface area contributed by atoms with Crippen molar-refractivity contribution in [3.63, 3.8) is 0 Å². The van der Waals surface area contributed by atoms with Gasteiger partial charge in [0.15, 0.2) is 0 Å². The van der Waals surface area contributed by atoms with Crippen LogP contribution in [0.1, 0.15) is 44.2 Å². The van der Waals surface area contributed by atoms with E-state index in [1.54, 1.807) is 6.07 Å². The molecule has 3 heteroatoms. The molecule has 2 rings (SSSR count). The molecule has 1 unspecified atom stereocenters. The Morgan fingerprint density at radius 1 is 1.32 bits per heavy atom. The topological polar surface area (TPSA) is 35.5 Å². The van der Waals surface area contributed by atoms with Crippen molar-refractivity contribution >= 4 is 0 Å². The van der Waals surface area contributed by atoms with E-state index in [1.165, 1.54) is 25.7 Å². The molecule has 1 fully saturated rings. The van der Waals surface area contributed by atoms with Crippen molar-refractivity contribution in [2.75, 3.05) is 20.1 Å². The van der Waals surface area contributed by atoms with E-state index in [-0.39, 0.29) is 6.04 Å². The lowest BCUT2D eigenvalue weighted by molar-refractivity contribution is 0.242. The summed E-state index contributed by atoms with van der Waals surface area (Å²) in [5.41, 5.74) is 0.978. The maximum Gasteiger partial charge on any atom is 0.120 e. The van der Waals surface area contributed by atoms with Crippen LogP contribution in [0, 0.1) is 0 Å². The van der Waals surface area contributed by atoms with Gasteiger partial charge < -0.3 is 15.3 Å². The van der Waals surface area contributed by atoms with E-state index < -0.39 is 0 Å². The molecule has 0 saturated heterocycles. The minimum absolute atomic E-state index is 0.193. The Morgan fingerprint density at radius 3 is 2.68 bits per heavy atom. The Bertz CT molecular complexity index is 388. The van der Waals surface area contributed by atoms with Crippen LogP contribution in [-0.4, -0.2) is 36.2 Å². The fourth-order valence-electron chi connectivity index (χ4n) is 2.95. The molecule has 0 radical (unpaired) electrons. The van der Waals surface area contributed by atoms with Crippen molar-refractivity contribution in [2.45, 2.75) is 44.7 Å². The molecule has 0 aromatic heterocycles. The Kier molecular flexibility index (Phi) is 5.23. The van der Waals surface area contributed by atoms with Crippen LogP contribution < -0.4 is 5.32 Å². The summed E-state index contributed by atoms with van der Waals surface area (Å²) in [5, 5.41) is 13.3. The molecule has 0 bridgehead atoms. The molecule has 106 valence electrons. The summed E-state index contributed by atoms with van der Waals surface area (Å²) in [4.78, 5) is 2.47. The lowest BCUT2D eigenvalue weighted by Crippen LogP contribution is -2.36. The van der Waals surface area contributed by atoms with Gasteiger partial charge in [0, 0.05) is 30.7 Å². The number of benzene rings is 1. The Balaban J connectivity index is 1.74. The van der Waals surface area contributed by atoms with Crippen LogP contribution in [0.2, 0.25) is 0 Å². The number of likely N-dealkylation sites (N-methyl/N-ethyl adjacent to an activating group) is 1. The number of aromatic hydroxyl groups is 1. The lowest BCUT2D eigenvalue weighted by atomic mass is 10.1. The minimum atomic E-state index is 0.193. The smallest absolute Gasteiger partial charge is 0.120 e. The molecule has 1 aromatic rings. The van der Waals surface area contributed by atoms with Crippen LogP contribution in [0.15, 0.2) is 24.3 Å². The lowest BCUT2D eigenvalue weighted by Gasteiger charge is -2.25. The number of hydrogen-bond donors (Lipinski definition) is 2. The maximum absolute atomic E-state index is 9.81. The van der Waals surface area contributed by atoms with Crippen molar-refractivity contribution in [2.24, 2.45) is 0 Å². The molecule has 1 aliphatic rings. The van der Waals surface area contributed by atoms with Gasteiger partial charge in [0.05, 0.1) is 0 Å². The number of nitrogens with one attached hydrogen (secondary N) is 1. The molecular formula is C16H26N2O. The molecule has 1 aliphatic carbocycles. The fourth-order valence-corrected chi connectivity index (χ4v) is 2.95. The SMILES string of the molecule is CC(NCCN(C)C1CCCC1)c1ccccc1O. The number of phenolic OH excluding ortho intramolecular Hbond substituents is 1. The average Bonchev–Trinajstić information content (AvgIpc) is 2.93. The van der Waals surface area contributed by atoms with Crippen molar-refractivity contribution in [3.05, 3.63) is 29.8 Å². The van der Waals surface area contributed by atoms with Gasteiger partial charge in [-0.2, -0.15) is 0 Å². The van der Waals surface area contributed by atoms with Crippen LogP contribution in [0.4, 0.5) is 0 Å². The van der Waals surface area contributed by atoms with Crippen molar-refractivity contribution in [1.29, 1.82) is 0 Å². The van der Waals surface area contributed by atoms with Crippen LogP contribution in [0.3, 0.4) is 0 Å². The van der Waals surface area contributed by atoms with E-state index in [0.717, 1.165) is 24.7 Å². The summed E-state index contributed by atoms with van der Waals surface area (Å²) in [6.45, 7) is 4.13. The Labute approximate surface area is 116 Å². The van der Waals surface area contributed by atoms with Crippen molar-refractivity contribution in [1.82, 2.24) is 10.2 Å². The fraction of sp³-hybridized carbons (Fsp3) is 0.625. The van der Waals surface area contributed by atoms with E-state index in [9.17, 15) is 5.11 Å². The van der Waals surface area contributed by atoms with Crippen molar-refractivity contribution in [3.8, 4) is 5.75 Å². The van der Waals surface area contributed by atoms with Gasteiger partial charge in [-0.15, -0.1) is 0 Å². The molecule has 19 heavy (non-hydrogen) atoms. The van der Waals surface area contributed by atoms with E-state index in [0.29, 0.717) is 5.75 Å². The van der Waals surface area contributed by atoms with Crippen LogP contribution in [0.25, 0.3) is 0 Å². The summed E-state index contributed by atoms with van der Waals surface area (Å²) in [5.74, 6) is 0.381. The van der Waals surface area contributed by atoms with E-state index >= 15 is 0 Å². The predicted molar refractivity (Wildman–Crippen MR) is 79.4 cm³/mol. The molecule has 0 amide bonds. The highest BCUT2D eigenvalue weighted by molar-refractivity contribution is 5.34. The van der Waals surface area contributed by atoms with Crippen molar-refractivity contribution < 1.29 is 5.11 Å². The molecule has 0 aliphatic heterocycles. The zero-order chi connectivity index (χ0) is 13.7. The van der Waals surface area contributed by atoms with Gasteiger partial charge in [-0.1, -0.05) is 31.0 Å². The highest BCUT2D eigenvalue weighted by atomic mass is 16.3. The molecule has 1 saturated carbocycles. The zero-order valence-corrected chi connectivity index (χ0v) is 12.1. The molecule has 0 spiro atoms. The molecule has 1 atom stereocenters. The Hall–Kier alpha value is -1.06. The van der Waals surface area contributed by atoms with E-state index in [4.69, 9.17) is 0 Å².